The van der Waals surface area contributed by atoms with Crippen LogP contribution in [0.25, 0.3) is 11.0 Å². The van der Waals surface area contributed by atoms with Gasteiger partial charge in [0.1, 0.15) is 5.82 Å². The Morgan fingerprint density at radius 3 is 2.64 bits per heavy atom. The molecule has 1 heterocycles. The zero-order valence-electron chi connectivity index (χ0n) is 13.8. The fraction of sp³-hybridized carbons (Fsp3) is 0.263. The quantitative estimate of drug-likeness (QED) is 0.653. The lowest BCUT2D eigenvalue weighted by molar-refractivity contribution is -0.117. The Hall–Kier alpha value is -2.70. The van der Waals surface area contributed by atoms with E-state index in [0.29, 0.717) is 12.4 Å². The van der Waals surface area contributed by atoms with Crippen molar-refractivity contribution < 1.29 is 14.6 Å². The minimum atomic E-state index is -0.715. The number of benzene rings is 2. The van der Waals surface area contributed by atoms with Crippen molar-refractivity contribution in [2.75, 3.05) is 6.61 Å². The molecule has 3 rings (SSSR count). The minimum absolute atomic E-state index is 0.0340. The summed E-state index contributed by atoms with van der Waals surface area (Å²) in [6, 6.07) is 17.3. The van der Waals surface area contributed by atoms with Gasteiger partial charge in [-0.25, -0.2) is 4.98 Å². The molecular formula is C19H21N3O3. The van der Waals surface area contributed by atoms with E-state index in [1.54, 1.807) is 0 Å². The summed E-state index contributed by atoms with van der Waals surface area (Å²) in [4.78, 5) is 15.7. The predicted octanol–water partition coefficient (Wildman–Crippen LogP) is 1.64. The molecule has 0 saturated heterocycles. The summed E-state index contributed by atoms with van der Waals surface area (Å²) in [6.45, 7) is 0.923. The Kier molecular flexibility index (Phi) is 5.42. The second-order valence-electron chi connectivity index (χ2n) is 5.92. The molecule has 3 aromatic rings. The Labute approximate surface area is 145 Å². The maximum absolute atomic E-state index is 11.3. The third-order valence-corrected chi connectivity index (χ3v) is 3.88. The van der Waals surface area contributed by atoms with Crippen LogP contribution in [0.1, 0.15) is 11.4 Å². The van der Waals surface area contributed by atoms with Crippen molar-refractivity contribution in [3.8, 4) is 0 Å². The highest BCUT2D eigenvalue weighted by molar-refractivity contribution is 5.80. The first-order valence-corrected chi connectivity index (χ1v) is 8.15. The number of nitrogens with two attached hydrogens (primary N) is 1. The normalized spacial score (nSPS) is 12.4. The van der Waals surface area contributed by atoms with Crippen LogP contribution in [0, 0.1) is 0 Å². The topological polar surface area (TPSA) is 90.4 Å². The molecule has 25 heavy (non-hydrogen) atoms. The number of para-hydroxylation sites is 2. The van der Waals surface area contributed by atoms with Gasteiger partial charge in [0, 0.05) is 0 Å². The Balaban J connectivity index is 1.67. The number of rotatable bonds is 8. The molecule has 6 heteroatoms. The van der Waals surface area contributed by atoms with Crippen LogP contribution in [0.2, 0.25) is 0 Å². The number of aliphatic hydroxyl groups excluding tert-OH is 1. The average molecular weight is 339 g/mol. The summed E-state index contributed by atoms with van der Waals surface area (Å²) in [7, 11) is 0. The van der Waals surface area contributed by atoms with Gasteiger partial charge in [0.05, 0.1) is 43.3 Å². The van der Waals surface area contributed by atoms with Gasteiger partial charge in [-0.2, -0.15) is 0 Å². The number of carbonyl (C=O) groups is 1. The lowest BCUT2D eigenvalue weighted by atomic mass is 10.2. The van der Waals surface area contributed by atoms with E-state index < -0.39 is 12.0 Å². The second-order valence-corrected chi connectivity index (χ2v) is 5.92. The number of aromatic nitrogens is 2. The fourth-order valence-electron chi connectivity index (χ4n) is 2.77. The summed E-state index contributed by atoms with van der Waals surface area (Å²) >= 11 is 0. The van der Waals surface area contributed by atoms with Gasteiger partial charge < -0.3 is 20.1 Å². The van der Waals surface area contributed by atoms with Crippen LogP contribution in [0.15, 0.2) is 54.6 Å². The van der Waals surface area contributed by atoms with Gasteiger partial charge >= 0.3 is 0 Å². The van der Waals surface area contributed by atoms with E-state index in [4.69, 9.17) is 10.5 Å². The Morgan fingerprint density at radius 1 is 1.16 bits per heavy atom. The molecule has 0 aliphatic rings. The molecule has 3 N–H and O–H groups in total. The van der Waals surface area contributed by atoms with Crippen LogP contribution in [-0.2, 0) is 29.1 Å². The third-order valence-electron chi connectivity index (χ3n) is 3.88. The lowest BCUT2D eigenvalue weighted by Gasteiger charge is -2.15. The third kappa shape index (κ3) is 4.43. The molecule has 1 atom stereocenters. The number of carbonyl (C=O) groups excluding carboxylic acids is 1. The van der Waals surface area contributed by atoms with Crippen molar-refractivity contribution in [3.63, 3.8) is 0 Å². The summed E-state index contributed by atoms with van der Waals surface area (Å²) in [5, 5.41) is 10.3. The Morgan fingerprint density at radius 2 is 1.88 bits per heavy atom. The van der Waals surface area contributed by atoms with Crippen LogP contribution in [0.4, 0.5) is 0 Å². The minimum Gasteiger partial charge on any atom is -0.389 e. The molecule has 1 aromatic heterocycles. The number of imidazole rings is 1. The molecule has 0 aliphatic heterocycles. The van der Waals surface area contributed by atoms with E-state index in [1.165, 1.54) is 0 Å². The molecule has 0 bridgehead atoms. The van der Waals surface area contributed by atoms with Crippen LogP contribution >= 0.6 is 0 Å². The lowest BCUT2D eigenvalue weighted by Crippen LogP contribution is -2.25. The zero-order valence-corrected chi connectivity index (χ0v) is 13.8. The van der Waals surface area contributed by atoms with Gasteiger partial charge in [-0.15, -0.1) is 0 Å². The van der Waals surface area contributed by atoms with Crippen LogP contribution in [0.5, 0.6) is 0 Å². The van der Waals surface area contributed by atoms with Crippen molar-refractivity contribution in [2.45, 2.75) is 25.7 Å². The van der Waals surface area contributed by atoms with E-state index in [1.807, 2.05) is 59.2 Å². The number of amides is 1. The van der Waals surface area contributed by atoms with Gasteiger partial charge in [0.25, 0.3) is 0 Å². The van der Waals surface area contributed by atoms with E-state index in [-0.39, 0.29) is 19.6 Å². The first-order chi connectivity index (χ1) is 12.1. The summed E-state index contributed by atoms with van der Waals surface area (Å²) < 4.78 is 7.42. The van der Waals surface area contributed by atoms with E-state index in [0.717, 1.165) is 16.6 Å². The number of ether oxygens (including phenoxy) is 1. The van der Waals surface area contributed by atoms with Crippen molar-refractivity contribution >= 4 is 16.9 Å². The molecule has 0 fully saturated rings. The molecular weight excluding hydrogens is 318 g/mol. The van der Waals surface area contributed by atoms with Gasteiger partial charge in [-0.05, 0) is 17.7 Å². The van der Waals surface area contributed by atoms with Crippen molar-refractivity contribution in [3.05, 3.63) is 66.0 Å². The number of hydrogen-bond donors (Lipinski definition) is 2. The highest BCUT2D eigenvalue weighted by Crippen LogP contribution is 2.17. The number of fused-ring (bicyclic) bond motifs is 1. The first-order valence-electron chi connectivity index (χ1n) is 8.15. The van der Waals surface area contributed by atoms with Crippen molar-refractivity contribution in [1.82, 2.24) is 9.55 Å². The molecule has 0 unspecified atom stereocenters. The standard InChI is InChI=1S/C19H21N3O3/c20-18(24)10-19-21-16-8-4-5-9-17(16)22(19)11-15(23)13-25-12-14-6-2-1-3-7-14/h1-9,15,23H,10-13H2,(H2,20,24)/t15-/m0/s1. The molecule has 130 valence electrons. The van der Waals surface area contributed by atoms with Gasteiger partial charge in [-0.3, -0.25) is 4.79 Å². The van der Waals surface area contributed by atoms with E-state index in [9.17, 15) is 9.90 Å². The maximum atomic E-state index is 11.3. The van der Waals surface area contributed by atoms with Crippen molar-refractivity contribution in [1.29, 1.82) is 0 Å². The SMILES string of the molecule is NC(=O)Cc1nc2ccccc2n1C[C@H](O)COCc1ccccc1. The molecule has 0 saturated carbocycles. The molecule has 0 spiro atoms. The smallest absolute Gasteiger partial charge is 0.225 e. The fourth-order valence-corrected chi connectivity index (χ4v) is 2.77. The van der Waals surface area contributed by atoms with E-state index >= 15 is 0 Å². The maximum Gasteiger partial charge on any atom is 0.225 e. The van der Waals surface area contributed by atoms with Gasteiger partial charge in [0.15, 0.2) is 0 Å². The molecule has 0 aliphatic carbocycles. The summed E-state index contributed by atoms with van der Waals surface area (Å²) in [6.07, 6.45) is -0.681. The first kappa shape index (κ1) is 17.1. The highest BCUT2D eigenvalue weighted by atomic mass is 16.5. The number of hydrogen-bond acceptors (Lipinski definition) is 4. The summed E-state index contributed by atoms with van der Waals surface area (Å²) in [5.41, 5.74) is 8.00. The second kappa shape index (κ2) is 7.92. The molecule has 6 nitrogen and oxygen atoms in total. The molecule has 0 radical (unpaired) electrons. The number of nitrogens with zero attached hydrogens (tertiary/aromatic N) is 2. The Bertz CT molecular complexity index is 846. The largest absolute Gasteiger partial charge is 0.389 e. The van der Waals surface area contributed by atoms with Gasteiger partial charge in [-0.1, -0.05) is 42.5 Å². The van der Waals surface area contributed by atoms with Crippen LogP contribution in [0.3, 0.4) is 0 Å². The average Bonchev–Trinajstić information content (AvgIpc) is 2.92. The molecule has 1 amide bonds. The predicted molar refractivity (Wildman–Crippen MR) is 94.7 cm³/mol. The zero-order chi connectivity index (χ0) is 17.6. The number of primary amides is 1. The van der Waals surface area contributed by atoms with Gasteiger partial charge in [0.2, 0.25) is 5.91 Å². The van der Waals surface area contributed by atoms with E-state index in [2.05, 4.69) is 4.98 Å². The van der Waals surface area contributed by atoms with Crippen molar-refractivity contribution in [2.24, 2.45) is 5.73 Å². The monoisotopic (exact) mass is 339 g/mol. The summed E-state index contributed by atoms with van der Waals surface area (Å²) in [5.74, 6) is 0.0992. The van der Waals surface area contributed by atoms with Crippen LogP contribution < -0.4 is 5.73 Å². The molecule has 2 aromatic carbocycles. The number of aliphatic hydroxyl groups is 1. The highest BCUT2D eigenvalue weighted by Gasteiger charge is 2.15. The van der Waals surface area contributed by atoms with Crippen LogP contribution in [-0.4, -0.2) is 33.3 Å².